The SMILES string of the molecule is CCOC(CC)(CC)C(O)c1cccc(C)c1C. The van der Waals surface area contributed by atoms with Crippen LogP contribution >= 0.6 is 0 Å². The first-order valence-electron chi connectivity index (χ1n) is 6.90. The highest BCUT2D eigenvalue weighted by Gasteiger charge is 2.37. The van der Waals surface area contributed by atoms with E-state index >= 15 is 0 Å². The predicted molar refractivity (Wildman–Crippen MR) is 75.8 cm³/mol. The number of rotatable bonds is 6. The van der Waals surface area contributed by atoms with E-state index in [2.05, 4.69) is 33.8 Å². The lowest BCUT2D eigenvalue weighted by molar-refractivity contribution is -0.127. The second kappa shape index (κ2) is 6.35. The first kappa shape index (κ1) is 15.2. The van der Waals surface area contributed by atoms with Crippen LogP contribution in [0, 0.1) is 13.8 Å². The van der Waals surface area contributed by atoms with Crippen LogP contribution in [0.3, 0.4) is 0 Å². The van der Waals surface area contributed by atoms with Crippen molar-refractivity contribution in [2.45, 2.75) is 59.2 Å². The molecule has 1 N–H and O–H groups in total. The molecule has 0 saturated carbocycles. The summed E-state index contributed by atoms with van der Waals surface area (Å²) in [7, 11) is 0. The lowest BCUT2D eigenvalue weighted by Crippen LogP contribution is -2.38. The van der Waals surface area contributed by atoms with Crippen LogP contribution in [0.2, 0.25) is 0 Å². The molecule has 1 atom stereocenters. The van der Waals surface area contributed by atoms with E-state index < -0.39 is 11.7 Å². The van der Waals surface area contributed by atoms with Crippen LogP contribution in [0.1, 0.15) is 56.4 Å². The van der Waals surface area contributed by atoms with Crippen molar-refractivity contribution in [1.82, 2.24) is 0 Å². The van der Waals surface area contributed by atoms with E-state index in [9.17, 15) is 5.11 Å². The molecule has 0 aromatic heterocycles. The molecule has 0 amide bonds. The highest BCUT2D eigenvalue weighted by Crippen LogP contribution is 2.37. The first-order chi connectivity index (χ1) is 8.52. The minimum absolute atomic E-state index is 0.465. The van der Waals surface area contributed by atoms with Gasteiger partial charge in [-0.1, -0.05) is 32.0 Å². The van der Waals surface area contributed by atoms with Gasteiger partial charge in [0.2, 0.25) is 0 Å². The van der Waals surface area contributed by atoms with Crippen LogP contribution in [-0.2, 0) is 4.74 Å². The first-order valence-corrected chi connectivity index (χ1v) is 6.90. The van der Waals surface area contributed by atoms with Crippen molar-refractivity contribution in [3.8, 4) is 0 Å². The summed E-state index contributed by atoms with van der Waals surface area (Å²) < 4.78 is 5.89. The third-order valence-electron chi connectivity index (χ3n) is 4.07. The highest BCUT2D eigenvalue weighted by molar-refractivity contribution is 5.35. The topological polar surface area (TPSA) is 29.5 Å². The number of aliphatic hydroxyl groups is 1. The lowest BCUT2D eigenvalue weighted by Gasteiger charge is -2.37. The van der Waals surface area contributed by atoms with Gasteiger partial charge in [-0.3, -0.25) is 0 Å². The van der Waals surface area contributed by atoms with Crippen molar-refractivity contribution >= 4 is 0 Å². The summed E-state index contributed by atoms with van der Waals surface area (Å²) >= 11 is 0. The maximum Gasteiger partial charge on any atom is 0.108 e. The molecule has 0 bridgehead atoms. The molecule has 102 valence electrons. The van der Waals surface area contributed by atoms with Gasteiger partial charge in [-0.25, -0.2) is 0 Å². The van der Waals surface area contributed by atoms with E-state index in [4.69, 9.17) is 4.74 Å². The fraction of sp³-hybridized carbons (Fsp3) is 0.625. The zero-order valence-electron chi connectivity index (χ0n) is 12.3. The van der Waals surface area contributed by atoms with E-state index in [0.29, 0.717) is 6.61 Å². The fourth-order valence-electron chi connectivity index (χ4n) is 2.56. The Balaban J connectivity index is 3.17. The molecule has 0 heterocycles. The van der Waals surface area contributed by atoms with Crippen molar-refractivity contribution < 1.29 is 9.84 Å². The number of benzene rings is 1. The predicted octanol–water partition coefficient (Wildman–Crippen LogP) is 3.93. The Labute approximate surface area is 111 Å². The minimum atomic E-state index is -0.563. The molecule has 2 heteroatoms. The van der Waals surface area contributed by atoms with Crippen molar-refractivity contribution in [2.75, 3.05) is 6.61 Å². The van der Waals surface area contributed by atoms with Crippen LogP contribution in [0.5, 0.6) is 0 Å². The number of hydrogen-bond donors (Lipinski definition) is 1. The molecule has 1 aromatic rings. The van der Waals surface area contributed by atoms with E-state index in [1.165, 1.54) is 5.56 Å². The summed E-state index contributed by atoms with van der Waals surface area (Å²) in [6.07, 6.45) is 1.06. The Morgan fingerprint density at radius 2 is 1.78 bits per heavy atom. The normalized spacial score (nSPS) is 13.7. The van der Waals surface area contributed by atoms with Crippen molar-refractivity contribution in [3.63, 3.8) is 0 Å². The Morgan fingerprint density at radius 1 is 1.17 bits per heavy atom. The van der Waals surface area contributed by atoms with Gasteiger partial charge in [0.05, 0.1) is 5.60 Å². The summed E-state index contributed by atoms with van der Waals surface area (Å²) in [4.78, 5) is 0. The summed E-state index contributed by atoms with van der Waals surface area (Å²) in [5.74, 6) is 0. The van der Waals surface area contributed by atoms with Crippen LogP contribution in [0.4, 0.5) is 0 Å². The largest absolute Gasteiger partial charge is 0.385 e. The fourth-order valence-corrected chi connectivity index (χ4v) is 2.56. The van der Waals surface area contributed by atoms with Crippen molar-refractivity contribution in [2.24, 2.45) is 0 Å². The molecule has 1 aromatic carbocycles. The Bertz CT molecular complexity index is 381. The smallest absolute Gasteiger partial charge is 0.108 e. The molecular weight excluding hydrogens is 224 g/mol. The Hall–Kier alpha value is -0.860. The van der Waals surface area contributed by atoms with Gasteiger partial charge < -0.3 is 9.84 Å². The van der Waals surface area contributed by atoms with Gasteiger partial charge in [-0.05, 0) is 50.3 Å². The molecule has 2 nitrogen and oxygen atoms in total. The van der Waals surface area contributed by atoms with E-state index in [1.807, 2.05) is 19.1 Å². The molecule has 0 aliphatic rings. The Morgan fingerprint density at radius 3 is 2.28 bits per heavy atom. The molecule has 0 radical (unpaired) electrons. The molecule has 1 unspecified atom stereocenters. The second-order valence-electron chi connectivity index (χ2n) is 4.90. The number of hydrogen-bond acceptors (Lipinski definition) is 2. The molecule has 0 aliphatic carbocycles. The van der Waals surface area contributed by atoms with Gasteiger partial charge in [0.15, 0.2) is 0 Å². The van der Waals surface area contributed by atoms with Gasteiger partial charge in [0, 0.05) is 6.61 Å². The molecule has 0 saturated heterocycles. The quantitative estimate of drug-likeness (QED) is 0.829. The third kappa shape index (κ3) is 2.76. The molecule has 0 aliphatic heterocycles. The summed E-state index contributed by atoms with van der Waals surface area (Å²) in [5.41, 5.74) is 2.90. The van der Waals surface area contributed by atoms with Gasteiger partial charge in [0.25, 0.3) is 0 Å². The average molecular weight is 250 g/mol. The second-order valence-corrected chi connectivity index (χ2v) is 4.90. The van der Waals surface area contributed by atoms with Gasteiger partial charge in [-0.15, -0.1) is 0 Å². The summed E-state index contributed by atoms with van der Waals surface area (Å²) in [5, 5.41) is 10.7. The summed E-state index contributed by atoms with van der Waals surface area (Å²) in [6.45, 7) is 10.9. The molecular formula is C16H26O2. The van der Waals surface area contributed by atoms with E-state index in [1.54, 1.807) is 0 Å². The monoisotopic (exact) mass is 250 g/mol. The maximum absolute atomic E-state index is 10.7. The van der Waals surface area contributed by atoms with Crippen LogP contribution in [0.25, 0.3) is 0 Å². The van der Waals surface area contributed by atoms with Gasteiger partial charge in [0.1, 0.15) is 6.10 Å². The third-order valence-corrected chi connectivity index (χ3v) is 4.07. The molecule has 0 spiro atoms. The average Bonchev–Trinajstić information content (AvgIpc) is 2.38. The highest BCUT2D eigenvalue weighted by atomic mass is 16.5. The summed E-state index contributed by atoms with van der Waals surface area (Å²) in [6, 6.07) is 6.08. The molecule has 1 rings (SSSR count). The minimum Gasteiger partial charge on any atom is -0.385 e. The standard InChI is InChI=1S/C16H26O2/c1-6-16(7-2,18-8-3)15(17)14-11-9-10-12(4)13(14)5/h9-11,15,17H,6-8H2,1-5H3. The lowest BCUT2D eigenvalue weighted by atomic mass is 9.83. The van der Waals surface area contributed by atoms with Crippen molar-refractivity contribution in [1.29, 1.82) is 0 Å². The number of aliphatic hydroxyl groups excluding tert-OH is 1. The van der Waals surface area contributed by atoms with Gasteiger partial charge in [-0.2, -0.15) is 0 Å². The Kier molecular flexibility index (Phi) is 5.36. The zero-order valence-corrected chi connectivity index (χ0v) is 12.3. The van der Waals surface area contributed by atoms with Crippen LogP contribution in [-0.4, -0.2) is 17.3 Å². The van der Waals surface area contributed by atoms with Gasteiger partial charge >= 0.3 is 0 Å². The van der Waals surface area contributed by atoms with E-state index in [0.717, 1.165) is 24.0 Å². The molecule has 18 heavy (non-hydrogen) atoms. The van der Waals surface area contributed by atoms with Crippen LogP contribution in [0.15, 0.2) is 18.2 Å². The van der Waals surface area contributed by atoms with Crippen molar-refractivity contribution in [3.05, 3.63) is 34.9 Å². The number of ether oxygens (including phenoxy) is 1. The van der Waals surface area contributed by atoms with Crippen LogP contribution < -0.4 is 0 Å². The zero-order chi connectivity index (χ0) is 13.8. The van der Waals surface area contributed by atoms with E-state index in [-0.39, 0.29) is 0 Å². The molecule has 0 fully saturated rings. The maximum atomic E-state index is 10.7. The number of aryl methyl sites for hydroxylation is 1.